The smallest absolute Gasteiger partial charge is 0.222 e. The van der Waals surface area contributed by atoms with E-state index in [0.717, 1.165) is 34.6 Å². The standard InChI is InChI=1S/C22H25FN4/c23-18-11-9-16(10-12-18)14-25-21-20-17(13-15-5-2-1-3-6-15)7-4-8-19(20)26-22(24)27-21/h4,7-12,15H,1-3,5-6,13-14H2,(H3,24,25,26,27). The summed E-state index contributed by atoms with van der Waals surface area (Å²) in [5, 5.41) is 4.44. The number of nitrogens with two attached hydrogens (primary N) is 1. The third kappa shape index (κ3) is 4.18. The van der Waals surface area contributed by atoms with Crippen LogP contribution in [0.4, 0.5) is 16.2 Å². The zero-order valence-electron chi connectivity index (χ0n) is 15.4. The van der Waals surface area contributed by atoms with Crippen molar-refractivity contribution in [2.45, 2.75) is 45.1 Å². The average Bonchev–Trinajstić information content (AvgIpc) is 2.68. The van der Waals surface area contributed by atoms with Gasteiger partial charge in [0.1, 0.15) is 11.6 Å². The van der Waals surface area contributed by atoms with Gasteiger partial charge in [-0.3, -0.25) is 0 Å². The minimum absolute atomic E-state index is 0.231. The topological polar surface area (TPSA) is 63.8 Å². The SMILES string of the molecule is Nc1nc(NCc2ccc(F)cc2)c2c(CC3CCCCC3)cccc2n1. The van der Waals surface area contributed by atoms with E-state index in [2.05, 4.69) is 27.4 Å². The highest BCUT2D eigenvalue weighted by atomic mass is 19.1. The van der Waals surface area contributed by atoms with Crippen molar-refractivity contribution in [2.75, 3.05) is 11.1 Å². The van der Waals surface area contributed by atoms with Crippen molar-refractivity contribution in [3.63, 3.8) is 0 Å². The molecular weight excluding hydrogens is 339 g/mol. The van der Waals surface area contributed by atoms with Gasteiger partial charge in [-0.25, -0.2) is 9.37 Å². The highest BCUT2D eigenvalue weighted by molar-refractivity contribution is 5.93. The van der Waals surface area contributed by atoms with Gasteiger partial charge in [-0.2, -0.15) is 4.98 Å². The quantitative estimate of drug-likeness (QED) is 0.662. The van der Waals surface area contributed by atoms with E-state index in [1.165, 1.54) is 49.8 Å². The van der Waals surface area contributed by atoms with Crippen molar-refractivity contribution in [1.29, 1.82) is 0 Å². The number of rotatable bonds is 5. The highest BCUT2D eigenvalue weighted by Gasteiger charge is 2.17. The van der Waals surface area contributed by atoms with Crippen LogP contribution in [0.2, 0.25) is 0 Å². The van der Waals surface area contributed by atoms with Gasteiger partial charge in [-0.15, -0.1) is 0 Å². The Kier molecular flexibility index (Phi) is 5.19. The third-order valence-corrected chi connectivity index (χ3v) is 5.43. The third-order valence-electron chi connectivity index (χ3n) is 5.43. The van der Waals surface area contributed by atoms with Crippen molar-refractivity contribution in [2.24, 2.45) is 5.92 Å². The van der Waals surface area contributed by atoms with E-state index in [0.29, 0.717) is 6.54 Å². The van der Waals surface area contributed by atoms with E-state index in [9.17, 15) is 4.39 Å². The fourth-order valence-electron chi connectivity index (χ4n) is 4.06. The van der Waals surface area contributed by atoms with E-state index in [1.807, 2.05) is 6.07 Å². The molecule has 0 atom stereocenters. The van der Waals surface area contributed by atoms with Gasteiger partial charge in [0.2, 0.25) is 5.95 Å². The molecule has 0 saturated heterocycles. The second kappa shape index (κ2) is 7.91. The van der Waals surface area contributed by atoms with Crippen LogP contribution in [0.1, 0.15) is 43.2 Å². The zero-order chi connectivity index (χ0) is 18.6. The predicted octanol–water partition coefficient (Wildman–Crippen LogP) is 5.09. The van der Waals surface area contributed by atoms with Crippen LogP contribution in [-0.4, -0.2) is 9.97 Å². The van der Waals surface area contributed by atoms with E-state index in [-0.39, 0.29) is 11.8 Å². The number of hydrogen-bond donors (Lipinski definition) is 2. The van der Waals surface area contributed by atoms with Crippen LogP contribution in [0.25, 0.3) is 10.9 Å². The molecule has 2 aromatic carbocycles. The molecule has 1 aliphatic rings. The lowest BCUT2D eigenvalue weighted by Crippen LogP contribution is -2.11. The minimum Gasteiger partial charge on any atom is -0.368 e. The summed E-state index contributed by atoms with van der Waals surface area (Å²) in [5.74, 6) is 1.52. The monoisotopic (exact) mass is 364 g/mol. The fourth-order valence-corrected chi connectivity index (χ4v) is 4.06. The van der Waals surface area contributed by atoms with Gasteiger partial charge in [0.05, 0.1) is 5.52 Å². The first-order chi connectivity index (χ1) is 13.2. The number of nitrogens with zero attached hydrogens (tertiary/aromatic N) is 2. The summed E-state index contributed by atoms with van der Waals surface area (Å²) in [7, 11) is 0. The first-order valence-corrected chi connectivity index (χ1v) is 9.72. The summed E-state index contributed by atoms with van der Waals surface area (Å²) in [6.07, 6.45) is 7.66. The molecular formula is C22H25FN4. The molecule has 140 valence electrons. The number of benzene rings is 2. The molecule has 0 unspecified atom stereocenters. The maximum atomic E-state index is 13.1. The van der Waals surface area contributed by atoms with E-state index in [1.54, 1.807) is 12.1 Å². The summed E-state index contributed by atoms with van der Waals surface area (Å²) in [4.78, 5) is 8.90. The van der Waals surface area contributed by atoms with Crippen molar-refractivity contribution in [1.82, 2.24) is 9.97 Å². The Balaban J connectivity index is 1.64. The van der Waals surface area contributed by atoms with Crippen molar-refractivity contribution < 1.29 is 4.39 Å². The van der Waals surface area contributed by atoms with Gasteiger partial charge >= 0.3 is 0 Å². The number of nitrogens with one attached hydrogen (secondary N) is 1. The molecule has 0 aliphatic heterocycles. The second-order valence-electron chi connectivity index (χ2n) is 7.43. The number of nitrogen functional groups attached to an aromatic ring is 1. The molecule has 4 nitrogen and oxygen atoms in total. The van der Waals surface area contributed by atoms with Gasteiger partial charge in [0.25, 0.3) is 0 Å². The lowest BCUT2D eigenvalue weighted by Gasteiger charge is -2.22. The Morgan fingerprint density at radius 3 is 2.56 bits per heavy atom. The van der Waals surface area contributed by atoms with Crippen molar-refractivity contribution in [3.05, 3.63) is 59.4 Å². The van der Waals surface area contributed by atoms with Crippen LogP contribution in [0.3, 0.4) is 0 Å². The molecule has 1 fully saturated rings. The average molecular weight is 364 g/mol. The Labute approximate surface area is 159 Å². The molecule has 0 spiro atoms. The van der Waals surface area contributed by atoms with Gasteiger partial charge in [0, 0.05) is 11.9 Å². The lowest BCUT2D eigenvalue weighted by atomic mass is 9.84. The molecule has 4 rings (SSSR count). The molecule has 0 bridgehead atoms. The largest absolute Gasteiger partial charge is 0.368 e. The summed E-state index contributed by atoms with van der Waals surface area (Å²) >= 11 is 0. The summed E-state index contributed by atoms with van der Waals surface area (Å²) in [6.45, 7) is 0.559. The predicted molar refractivity (Wildman–Crippen MR) is 108 cm³/mol. The van der Waals surface area contributed by atoms with Crippen LogP contribution in [0.5, 0.6) is 0 Å². The Morgan fingerprint density at radius 1 is 1.00 bits per heavy atom. The number of halogens is 1. The Hall–Kier alpha value is -2.69. The number of anilines is 2. The summed E-state index contributed by atoms with van der Waals surface area (Å²) < 4.78 is 13.1. The lowest BCUT2D eigenvalue weighted by molar-refractivity contribution is 0.357. The molecule has 3 N–H and O–H groups in total. The maximum Gasteiger partial charge on any atom is 0.222 e. The second-order valence-corrected chi connectivity index (χ2v) is 7.43. The molecule has 1 saturated carbocycles. The molecule has 3 aromatic rings. The first kappa shape index (κ1) is 17.7. The molecule has 5 heteroatoms. The van der Waals surface area contributed by atoms with Gasteiger partial charge in [-0.05, 0) is 41.7 Å². The maximum absolute atomic E-state index is 13.1. The zero-order valence-corrected chi connectivity index (χ0v) is 15.4. The van der Waals surface area contributed by atoms with Crippen LogP contribution < -0.4 is 11.1 Å². The molecule has 1 aromatic heterocycles. The van der Waals surface area contributed by atoms with Gasteiger partial charge < -0.3 is 11.1 Å². The number of hydrogen-bond acceptors (Lipinski definition) is 4. The van der Waals surface area contributed by atoms with Crippen molar-refractivity contribution in [3.8, 4) is 0 Å². The molecule has 1 aliphatic carbocycles. The van der Waals surface area contributed by atoms with Crippen LogP contribution >= 0.6 is 0 Å². The Morgan fingerprint density at radius 2 is 1.78 bits per heavy atom. The minimum atomic E-state index is -0.231. The molecule has 0 radical (unpaired) electrons. The van der Waals surface area contributed by atoms with Gasteiger partial charge in [-0.1, -0.05) is 56.4 Å². The number of fused-ring (bicyclic) bond motifs is 1. The Bertz CT molecular complexity index is 917. The fraction of sp³-hybridized carbons (Fsp3) is 0.364. The van der Waals surface area contributed by atoms with E-state index < -0.39 is 0 Å². The van der Waals surface area contributed by atoms with E-state index in [4.69, 9.17) is 5.73 Å². The van der Waals surface area contributed by atoms with Crippen LogP contribution in [-0.2, 0) is 13.0 Å². The van der Waals surface area contributed by atoms with Crippen LogP contribution in [0, 0.1) is 11.7 Å². The highest BCUT2D eigenvalue weighted by Crippen LogP contribution is 2.32. The van der Waals surface area contributed by atoms with Crippen LogP contribution in [0.15, 0.2) is 42.5 Å². The molecule has 0 amide bonds. The first-order valence-electron chi connectivity index (χ1n) is 9.72. The molecule has 1 heterocycles. The summed E-state index contributed by atoms with van der Waals surface area (Å²) in [6, 6.07) is 12.7. The summed E-state index contributed by atoms with van der Waals surface area (Å²) in [5.41, 5.74) is 9.08. The normalized spacial score (nSPS) is 15.1. The van der Waals surface area contributed by atoms with Crippen molar-refractivity contribution >= 4 is 22.7 Å². The van der Waals surface area contributed by atoms with Gasteiger partial charge in [0.15, 0.2) is 0 Å². The number of aromatic nitrogens is 2. The molecule has 27 heavy (non-hydrogen) atoms. The van der Waals surface area contributed by atoms with E-state index >= 15 is 0 Å².